The fourth-order valence-corrected chi connectivity index (χ4v) is 4.34. The monoisotopic (exact) mass is 485 g/mol. The van der Waals surface area contributed by atoms with E-state index in [4.69, 9.17) is 0 Å². The predicted molar refractivity (Wildman–Crippen MR) is 136 cm³/mol. The van der Waals surface area contributed by atoms with Crippen LogP contribution in [0, 0.1) is 11.8 Å². The highest BCUT2D eigenvalue weighted by atomic mass is 32.2. The zero-order chi connectivity index (χ0) is 24.9. The molecular formula is C26H35N3O4S. The Labute approximate surface area is 206 Å². The normalized spacial score (nSPS) is 12.6. The maximum Gasteiger partial charge on any atom is 0.318 e. The Bertz CT molecular complexity index is 909. The van der Waals surface area contributed by atoms with Crippen molar-refractivity contribution in [2.45, 2.75) is 37.6 Å². The molecule has 0 radical (unpaired) electrons. The second kappa shape index (κ2) is 14.3. The van der Waals surface area contributed by atoms with Crippen LogP contribution in [0.5, 0.6) is 0 Å². The maximum atomic E-state index is 13.2. The standard InChI is InChI=1S/C26H35N3O4S/c1-19(2)14-15-29(17-21(25(31)32)18-34-22-12-8-5-9-13-22)26(33)28-23(24(30)27-3)16-20-10-6-4-7-11-20/h4-13,19,21,23H,14-18H2,1-3H3,(H,27,30)(H,28,33)(H,31,32)/t21-,23+/m1/s1. The largest absolute Gasteiger partial charge is 0.481 e. The number of nitrogens with one attached hydrogen (secondary N) is 2. The average molecular weight is 486 g/mol. The smallest absolute Gasteiger partial charge is 0.318 e. The molecule has 0 spiro atoms. The van der Waals surface area contributed by atoms with Crippen molar-refractivity contribution in [3.8, 4) is 0 Å². The molecule has 0 fully saturated rings. The molecule has 0 heterocycles. The van der Waals surface area contributed by atoms with Crippen LogP contribution in [0.4, 0.5) is 4.79 Å². The molecule has 34 heavy (non-hydrogen) atoms. The molecule has 0 aliphatic carbocycles. The van der Waals surface area contributed by atoms with Gasteiger partial charge in [-0.2, -0.15) is 0 Å². The van der Waals surface area contributed by atoms with Crippen LogP contribution in [0.25, 0.3) is 0 Å². The van der Waals surface area contributed by atoms with Gasteiger partial charge in [-0.1, -0.05) is 62.4 Å². The van der Waals surface area contributed by atoms with Crippen molar-refractivity contribution in [3.63, 3.8) is 0 Å². The average Bonchev–Trinajstić information content (AvgIpc) is 2.83. The first-order chi connectivity index (χ1) is 16.3. The van der Waals surface area contributed by atoms with E-state index in [2.05, 4.69) is 24.5 Å². The Kier molecular flexibility index (Phi) is 11.5. The minimum absolute atomic E-state index is 0.0690. The van der Waals surface area contributed by atoms with Crippen LogP contribution in [0.1, 0.15) is 25.8 Å². The van der Waals surface area contributed by atoms with Gasteiger partial charge in [-0.05, 0) is 30.0 Å². The van der Waals surface area contributed by atoms with E-state index in [1.807, 2.05) is 60.7 Å². The van der Waals surface area contributed by atoms with Gasteiger partial charge in [0.1, 0.15) is 6.04 Å². The number of hydrogen-bond acceptors (Lipinski definition) is 4. The number of carbonyl (C=O) groups excluding carboxylic acids is 2. The highest BCUT2D eigenvalue weighted by Crippen LogP contribution is 2.21. The number of urea groups is 1. The van der Waals surface area contributed by atoms with Crippen molar-refractivity contribution < 1.29 is 19.5 Å². The van der Waals surface area contributed by atoms with Crippen molar-refractivity contribution in [1.29, 1.82) is 0 Å². The highest BCUT2D eigenvalue weighted by Gasteiger charge is 2.28. The van der Waals surface area contributed by atoms with E-state index in [9.17, 15) is 19.5 Å². The lowest BCUT2D eigenvalue weighted by Crippen LogP contribution is -2.53. The molecule has 184 valence electrons. The van der Waals surface area contributed by atoms with E-state index in [-0.39, 0.29) is 12.5 Å². The van der Waals surface area contributed by atoms with E-state index in [1.54, 1.807) is 0 Å². The van der Waals surface area contributed by atoms with Gasteiger partial charge < -0.3 is 20.6 Å². The number of likely N-dealkylation sites (N-methyl/N-ethyl adjacent to an activating group) is 1. The number of hydrogen-bond donors (Lipinski definition) is 3. The van der Waals surface area contributed by atoms with Gasteiger partial charge >= 0.3 is 12.0 Å². The minimum Gasteiger partial charge on any atom is -0.481 e. The molecule has 2 aromatic carbocycles. The third-order valence-electron chi connectivity index (χ3n) is 5.39. The van der Waals surface area contributed by atoms with Crippen LogP contribution in [-0.2, 0) is 16.0 Å². The second-order valence-corrected chi connectivity index (χ2v) is 9.69. The topological polar surface area (TPSA) is 98.7 Å². The van der Waals surface area contributed by atoms with Gasteiger partial charge in [0.05, 0.1) is 5.92 Å². The summed E-state index contributed by atoms with van der Waals surface area (Å²) < 4.78 is 0. The molecule has 0 unspecified atom stereocenters. The van der Waals surface area contributed by atoms with E-state index < -0.39 is 24.0 Å². The summed E-state index contributed by atoms with van der Waals surface area (Å²) in [7, 11) is 1.53. The first-order valence-corrected chi connectivity index (χ1v) is 12.5. The van der Waals surface area contributed by atoms with Crippen molar-refractivity contribution in [3.05, 3.63) is 66.2 Å². The molecule has 0 aliphatic heterocycles. The number of thioether (sulfide) groups is 1. The zero-order valence-corrected chi connectivity index (χ0v) is 20.9. The molecule has 8 heteroatoms. The molecule has 0 bridgehead atoms. The Morgan fingerprint density at radius 1 is 1.00 bits per heavy atom. The van der Waals surface area contributed by atoms with Crippen LogP contribution in [0.15, 0.2) is 65.6 Å². The number of carboxylic acids is 1. The minimum atomic E-state index is -0.946. The van der Waals surface area contributed by atoms with Crippen molar-refractivity contribution in [2.75, 3.05) is 25.9 Å². The molecule has 0 saturated carbocycles. The van der Waals surface area contributed by atoms with Crippen molar-refractivity contribution in [2.24, 2.45) is 11.8 Å². The fourth-order valence-electron chi connectivity index (χ4n) is 3.35. The SMILES string of the molecule is CNC(=O)[C@H](Cc1ccccc1)NC(=O)N(CCC(C)C)C[C@H](CSc1ccccc1)C(=O)O. The summed E-state index contributed by atoms with van der Waals surface area (Å²) in [5, 5.41) is 15.3. The second-order valence-electron chi connectivity index (χ2n) is 8.59. The molecule has 0 saturated heterocycles. The molecule has 3 N–H and O–H groups in total. The lowest BCUT2D eigenvalue weighted by atomic mass is 10.1. The Hall–Kier alpha value is -3.00. The Balaban J connectivity index is 2.13. The number of rotatable bonds is 13. The first-order valence-electron chi connectivity index (χ1n) is 11.5. The lowest BCUT2D eigenvalue weighted by molar-refractivity contribution is -0.141. The summed E-state index contributed by atoms with van der Waals surface area (Å²) in [6.45, 7) is 4.59. The van der Waals surface area contributed by atoms with Gasteiger partial charge in [0.2, 0.25) is 5.91 Å². The zero-order valence-electron chi connectivity index (χ0n) is 20.1. The molecule has 7 nitrogen and oxygen atoms in total. The van der Waals surface area contributed by atoms with Crippen LogP contribution >= 0.6 is 11.8 Å². The Morgan fingerprint density at radius 2 is 1.62 bits per heavy atom. The van der Waals surface area contributed by atoms with Gasteiger partial charge in [-0.25, -0.2) is 4.79 Å². The molecule has 0 aliphatic rings. The van der Waals surface area contributed by atoms with E-state index in [0.29, 0.717) is 24.6 Å². The summed E-state index contributed by atoms with van der Waals surface area (Å²) in [6, 6.07) is 17.9. The number of carboxylic acid groups (broad SMARTS) is 1. The van der Waals surface area contributed by atoms with E-state index >= 15 is 0 Å². The molecule has 3 amide bonds. The fraction of sp³-hybridized carbons (Fsp3) is 0.423. The highest BCUT2D eigenvalue weighted by molar-refractivity contribution is 7.99. The number of benzene rings is 2. The summed E-state index contributed by atoms with van der Waals surface area (Å²) in [4.78, 5) is 40.2. The summed E-state index contributed by atoms with van der Waals surface area (Å²) in [5.74, 6) is -1.30. The predicted octanol–water partition coefficient (Wildman–Crippen LogP) is 3.89. The quantitative estimate of drug-likeness (QED) is 0.374. The van der Waals surface area contributed by atoms with E-state index in [0.717, 1.165) is 16.9 Å². The molecular weight excluding hydrogens is 450 g/mol. The van der Waals surface area contributed by atoms with Gasteiger partial charge in [-0.15, -0.1) is 11.8 Å². The van der Waals surface area contributed by atoms with Gasteiger partial charge in [0.25, 0.3) is 0 Å². The number of amides is 3. The van der Waals surface area contributed by atoms with Crippen molar-refractivity contribution in [1.82, 2.24) is 15.5 Å². The molecule has 0 aromatic heterocycles. The van der Waals surface area contributed by atoms with Crippen molar-refractivity contribution >= 4 is 29.7 Å². The first kappa shape index (κ1) is 27.2. The van der Waals surface area contributed by atoms with Crippen LogP contribution < -0.4 is 10.6 Å². The number of carbonyl (C=O) groups is 3. The van der Waals surface area contributed by atoms with Gasteiger partial charge in [-0.3, -0.25) is 9.59 Å². The van der Waals surface area contributed by atoms with Gasteiger partial charge in [0, 0.05) is 37.2 Å². The number of nitrogens with zero attached hydrogens (tertiary/aromatic N) is 1. The summed E-state index contributed by atoms with van der Waals surface area (Å²) in [6.07, 6.45) is 1.07. The van der Waals surface area contributed by atoms with Crippen LogP contribution in [-0.4, -0.2) is 59.8 Å². The summed E-state index contributed by atoms with van der Waals surface area (Å²) >= 11 is 1.46. The molecule has 2 atom stereocenters. The van der Waals surface area contributed by atoms with Crippen LogP contribution in [0.2, 0.25) is 0 Å². The molecule has 2 aromatic rings. The third kappa shape index (κ3) is 9.47. The van der Waals surface area contributed by atoms with Crippen LogP contribution in [0.3, 0.4) is 0 Å². The van der Waals surface area contributed by atoms with Gasteiger partial charge in [0.15, 0.2) is 0 Å². The third-order valence-corrected chi connectivity index (χ3v) is 6.57. The van der Waals surface area contributed by atoms with E-state index in [1.165, 1.54) is 23.7 Å². The lowest BCUT2D eigenvalue weighted by Gasteiger charge is -2.29. The Morgan fingerprint density at radius 3 is 2.18 bits per heavy atom. The maximum absolute atomic E-state index is 13.2. The number of aliphatic carboxylic acids is 1. The summed E-state index contributed by atoms with van der Waals surface area (Å²) in [5.41, 5.74) is 0.924. The molecule has 2 rings (SSSR count).